The van der Waals surface area contributed by atoms with Crippen LogP contribution in [0.2, 0.25) is 0 Å². The zero-order valence-electron chi connectivity index (χ0n) is 18.4. The van der Waals surface area contributed by atoms with E-state index in [1.54, 1.807) is 0 Å². The second-order valence-electron chi connectivity index (χ2n) is 9.14. The number of aliphatic hydroxyl groups excluding tert-OH is 1. The molecule has 2 aliphatic rings. The molecule has 0 spiro atoms. The highest BCUT2D eigenvalue weighted by Gasteiger charge is 2.37. The van der Waals surface area contributed by atoms with Gasteiger partial charge in [0.2, 0.25) is 11.0 Å². The molecular formula is C25H31NO5S. The highest BCUT2D eigenvalue weighted by Crippen LogP contribution is 2.46. The van der Waals surface area contributed by atoms with E-state index in [1.165, 1.54) is 11.3 Å². The van der Waals surface area contributed by atoms with E-state index >= 15 is 0 Å². The third-order valence-corrected chi connectivity index (χ3v) is 7.86. The van der Waals surface area contributed by atoms with Gasteiger partial charge in [-0.2, -0.15) is 0 Å². The average molecular weight is 458 g/mol. The quantitative estimate of drug-likeness (QED) is 0.543. The molecule has 1 heterocycles. The van der Waals surface area contributed by atoms with Gasteiger partial charge in [0.05, 0.1) is 11.8 Å². The Bertz CT molecular complexity index is 927. The maximum Gasteiger partial charge on any atom is 0.512 e. The molecule has 32 heavy (non-hydrogen) atoms. The summed E-state index contributed by atoms with van der Waals surface area (Å²) in [6, 6.07) is 11.7. The van der Waals surface area contributed by atoms with Crippen LogP contribution in [-0.2, 0) is 4.79 Å². The molecule has 6 nitrogen and oxygen atoms in total. The highest BCUT2D eigenvalue weighted by molar-refractivity contribution is 7.18. The number of carbonyl (C=O) groups excluding carboxylic acids is 1. The van der Waals surface area contributed by atoms with Crippen LogP contribution in [0.25, 0.3) is 10.4 Å². The van der Waals surface area contributed by atoms with Gasteiger partial charge in [0.15, 0.2) is 0 Å². The summed E-state index contributed by atoms with van der Waals surface area (Å²) in [5.74, 6) is 0.504. The average Bonchev–Trinajstić information content (AvgIpc) is 3.19. The van der Waals surface area contributed by atoms with Crippen LogP contribution < -0.4 is 9.64 Å². The molecule has 0 unspecified atom stereocenters. The van der Waals surface area contributed by atoms with Crippen LogP contribution in [0.3, 0.4) is 0 Å². The molecule has 1 aromatic carbocycles. The van der Waals surface area contributed by atoms with E-state index in [1.807, 2.05) is 41.3 Å². The molecule has 0 aliphatic heterocycles. The number of carboxylic acid groups (broad SMARTS) is 1. The van der Waals surface area contributed by atoms with Gasteiger partial charge in [0.25, 0.3) is 0 Å². The molecule has 2 saturated carbocycles. The molecular weight excluding hydrogens is 426 g/mol. The van der Waals surface area contributed by atoms with Crippen LogP contribution in [-0.4, -0.2) is 34.4 Å². The lowest BCUT2D eigenvalue weighted by Gasteiger charge is -2.38. The summed E-state index contributed by atoms with van der Waals surface area (Å²) >= 11 is 1.26. The minimum absolute atomic E-state index is 0.0277. The molecule has 2 aromatic rings. The van der Waals surface area contributed by atoms with Crippen molar-refractivity contribution in [3.63, 3.8) is 0 Å². The van der Waals surface area contributed by atoms with Crippen molar-refractivity contribution < 1.29 is 24.5 Å². The van der Waals surface area contributed by atoms with Crippen molar-refractivity contribution in [1.82, 2.24) is 0 Å². The summed E-state index contributed by atoms with van der Waals surface area (Å²) < 4.78 is 5.20. The Labute approximate surface area is 192 Å². The molecule has 0 atom stereocenters. The molecule has 2 N–H and O–H groups in total. The third-order valence-electron chi connectivity index (χ3n) is 6.81. The number of carbonyl (C=O) groups is 2. The van der Waals surface area contributed by atoms with E-state index in [2.05, 4.69) is 6.92 Å². The Hall–Kier alpha value is -2.38. The van der Waals surface area contributed by atoms with Crippen LogP contribution in [0.1, 0.15) is 58.3 Å². The van der Waals surface area contributed by atoms with Crippen molar-refractivity contribution in [2.24, 2.45) is 11.8 Å². The zero-order valence-corrected chi connectivity index (χ0v) is 19.2. The minimum atomic E-state index is -1.38. The lowest BCUT2D eigenvalue weighted by molar-refractivity contribution is -0.124. The van der Waals surface area contributed by atoms with Crippen molar-refractivity contribution >= 4 is 29.1 Å². The molecule has 2 fully saturated rings. The van der Waals surface area contributed by atoms with Gasteiger partial charge < -0.3 is 19.8 Å². The SMILES string of the molecule is CC1CCC(N(C(=O)C2CCC(O)CC2)c2cc(-c3ccccc3)sc2OC(=O)O)CC1. The molecule has 4 rings (SSSR count). The fourth-order valence-corrected chi connectivity index (χ4v) is 5.94. The number of rotatable bonds is 5. The lowest BCUT2D eigenvalue weighted by Crippen LogP contribution is -2.46. The molecule has 0 radical (unpaired) electrons. The van der Waals surface area contributed by atoms with Gasteiger partial charge in [-0.3, -0.25) is 4.79 Å². The van der Waals surface area contributed by atoms with Gasteiger partial charge >= 0.3 is 6.16 Å². The number of hydrogen-bond acceptors (Lipinski definition) is 5. The van der Waals surface area contributed by atoms with Gasteiger partial charge in [0.1, 0.15) is 0 Å². The number of aliphatic hydroxyl groups is 1. The van der Waals surface area contributed by atoms with E-state index in [4.69, 9.17) is 4.74 Å². The third kappa shape index (κ3) is 5.15. The molecule has 2 aliphatic carbocycles. The van der Waals surface area contributed by atoms with E-state index in [0.29, 0.717) is 37.3 Å². The topological polar surface area (TPSA) is 87.1 Å². The normalized spacial score (nSPS) is 25.8. The number of amides is 1. The summed E-state index contributed by atoms with van der Waals surface area (Å²) in [4.78, 5) is 28.0. The lowest BCUT2D eigenvalue weighted by atomic mass is 9.83. The Balaban J connectivity index is 1.72. The maximum atomic E-state index is 13.8. The Morgan fingerprint density at radius 2 is 1.66 bits per heavy atom. The summed E-state index contributed by atoms with van der Waals surface area (Å²) in [6.07, 6.45) is 4.74. The summed E-state index contributed by atoms with van der Waals surface area (Å²) in [7, 11) is 0. The first-order valence-corrected chi connectivity index (χ1v) is 12.3. The second kappa shape index (κ2) is 10.0. The number of thiophene rings is 1. The predicted octanol–water partition coefficient (Wildman–Crippen LogP) is 5.93. The van der Waals surface area contributed by atoms with Crippen LogP contribution >= 0.6 is 11.3 Å². The molecule has 172 valence electrons. The van der Waals surface area contributed by atoms with Gasteiger partial charge in [0, 0.05) is 16.8 Å². The van der Waals surface area contributed by atoms with Crippen molar-refractivity contribution in [3.8, 4) is 15.5 Å². The van der Waals surface area contributed by atoms with Crippen LogP contribution in [0, 0.1) is 11.8 Å². The first-order valence-electron chi connectivity index (χ1n) is 11.5. The highest BCUT2D eigenvalue weighted by atomic mass is 32.1. The van der Waals surface area contributed by atoms with Crippen molar-refractivity contribution in [2.45, 2.75) is 70.4 Å². The fraction of sp³-hybridized carbons (Fsp3) is 0.520. The molecule has 1 aromatic heterocycles. The Morgan fingerprint density at radius 3 is 2.28 bits per heavy atom. The Morgan fingerprint density at radius 1 is 1.00 bits per heavy atom. The van der Waals surface area contributed by atoms with Gasteiger partial charge in [-0.1, -0.05) is 48.6 Å². The zero-order chi connectivity index (χ0) is 22.7. The molecule has 0 saturated heterocycles. The fourth-order valence-electron chi connectivity index (χ4n) is 4.95. The monoisotopic (exact) mass is 457 g/mol. The number of ether oxygens (including phenoxy) is 1. The van der Waals surface area contributed by atoms with Crippen molar-refractivity contribution in [3.05, 3.63) is 36.4 Å². The Kier molecular flexibility index (Phi) is 7.16. The number of hydrogen-bond donors (Lipinski definition) is 2. The minimum Gasteiger partial charge on any atom is -0.449 e. The standard InChI is InChI=1S/C25H31NO5S/c1-16-7-11-19(12-8-16)26(23(28)18-9-13-20(27)14-10-18)21-15-22(17-5-3-2-4-6-17)32-24(21)31-25(29)30/h2-6,15-16,18-20,27H,7-14H2,1H3,(H,29,30). The van der Waals surface area contributed by atoms with Crippen molar-refractivity contribution in [2.75, 3.05) is 4.90 Å². The van der Waals surface area contributed by atoms with Gasteiger partial charge in [-0.15, -0.1) is 0 Å². The largest absolute Gasteiger partial charge is 0.512 e. The summed E-state index contributed by atoms with van der Waals surface area (Å²) in [6.45, 7) is 2.24. The van der Waals surface area contributed by atoms with E-state index < -0.39 is 6.16 Å². The summed E-state index contributed by atoms with van der Waals surface area (Å²) in [5, 5.41) is 19.5. The second-order valence-corrected chi connectivity index (χ2v) is 10.2. The first-order chi connectivity index (χ1) is 15.4. The molecule has 7 heteroatoms. The smallest absolute Gasteiger partial charge is 0.449 e. The number of nitrogens with zero attached hydrogens (tertiary/aromatic N) is 1. The van der Waals surface area contributed by atoms with E-state index in [9.17, 15) is 19.8 Å². The predicted molar refractivity (Wildman–Crippen MR) is 125 cm³/mol. The van der Waals surface area contributed by atoms with E-state index in [0.717, 1.165) is 36.1 Å². The maximum absolute atomic E-state index is 13.8. The number of benzene rings is 1. The van der Waals surface area contributed by atoms with E-state index in [-0.39, 0.29) is 29.0 Å². The van der Waals surface area contributed by atoms with Crippen LogP contribution in [0.4, 0.5) is 10.5 Å². The number of anilines is 1. The van der Waals surface area contributed by atoms with Crippen molar-refractivity contribution in [1.29, 1.82) is 0 Å². The van der Waals surface area contributed by atoms with Gasteiger partial charge in [-0.05, 0) is 68.9 Å². The molecule has 1 amide bonds. The summed E-state index contributed by atoms with van der Waals surface area (Å²) in [5.41, 5.74) is 1.52. The molecule has 0 bridgehead atoms. The van der Waals surface area contributed by atoms with Gasteiger partial charge in [-0.25, -0.2) is 4.79 Å². The first kappa shape index (κ1) is 22.8. The van der Waals surface area contributed by atoms with Crippen LogP contribution in [0.5, 0.6) is 5.06 Å². The van der Waals surface area contributed by atoms with Crippen LogP contribution in [0.15, 0.2) is 36.4 Å².